The van der Waals surface area contributed by atoms with Crippen molar-refractivity contribution in [3.8, 4) is 0 Å². The smallest absolute Gasteiger partial charge is 0.419 e. The molecule has 0 atom stereocenters. The molecule has 0 radical (unpaired) electrons. The highest BCUT2D eigenvalue weighted by atomic mass is 32.2. The number of nitrogens with zero attached hydrogens (tertiary/aromatic N) is 1. The summed E-state index contributed by atoms with van der Waals surface area (Å²) in [7, 11) is -3.23. The maximum absolute atomic E-state index is 13.0. The number of hydrogen-bond donors (Lipinski definition) is 0. The van der Waals surface area contributed by atoms with Crippen molar-refractivity contribution in [2.24, 2.45) is 0 Å². The van der Waals surface area contributed by atoms with Gasteiger partial charge in [0.25, 0.3) is 0 Å². The molecule has 0 saturated carbocycles. The Morgan fingerprint density at radius 3 is 1.88 bits per heavy atom. The second-order valence-electron chi connectivity index (χ2n) is 6.56. The molecule has 9 heteroatoms. The molecule has 142 valence electrons. The van der Waals surface area contributed by atoms with Gasteiger partial charge in [-0.25, -0.2) is 4.79 Å². The van der Waals surface area contributed by atoms with Gasteiger partial charge in [0.05, 0.1) is 13.2 Å². The van der Waals surface area contributed by atoms with E-state index in [1.165, 1.54) is 23.5 Å². The van der Waals surface area contributed by atoms with E-state index in [1.807, 2.05) is 34.6 Å². The second-order valence-corrected chi connectivity index (χ2v) is 11.9. The van der Waals surface area contributed by atoms with E-state index in [-0.39, 0.29) is 4.32 Å². The lowest BCUT2D eigenvalue weighted by atomic mass is 10.2. The SMILES string of the molecule is CCOP(=O)(OCC)C1Sc2c(c(C)n(C(=O)OC(C)(C)C)c2C)S1. The van der Waals surface area contributed by atoms with Gasteiger partial charge >= 0.3 is 13.7 Å². The number of hydrogen-bond acceptors (Lipinski definition) is 7. The largest absolute Gasteiger partial charge is 0.443 e. The summed E-state index contributed by atoms with van der Waals surface area (Å²) in [6, 6.07) is 0. The van der Waals surface area contributed by atoms with Crippen LogP contribution < -0.4 is 0 Å². The number of rotatable bonds is 5. The van der Waals surface area contributed by atoms with Crippen molar-refractivity contribution in [2.45, 2.75) is 68.2 Å². The minimum Gasteiger partial charge on any atom is -0.443 e. The van der Waals surface area contributed by atoms with Gasteiger partial charge in [-0.15, -0.1) is 0 Å². The van der Waals surface area contributed by atoms with E-state index in [0.717, 1.165) is 21.2 Å². The van der Waals surface area contributed by atoms with Gasteiger partial charge < -0.3 is 13.8 Å². The molecular weight excluding hydrogens is 381 g/mol. The van der Waals surface area contributed by atoms with Gasteiger partial charge in [-0.2, -0.15) is 0 Å². The van der Waals surface area contributed by atoms with Gasteiger partial charge in [0.15, 0.2) is 4.32 Å². The third-order valence-electron chi connectivity index (χ3n) is 3.42. The van der Waals surface area contributed by atoms with E-state index in [2.05, 4.69) is 0 Å². The fourth-order valence-corrected chi connectivity index (χ4v) is 8.44. The molecule has 25 heavy (non-hydrogen) atoms. The van der Waals surface area contributed by atoms with Gasteiger partial charge in [-0.05, 0) is 48.5 Å². The van der Waals surface area contributed by atoms with Crippen LogP contribution in [0.1, 0.15) is 46.0 Å². The summed E-state index contributed by atoms with van der Waals surface area (Å²) >= 11 is 2.88. The minimum atomic E-state index is -3.23. The normalized spacial score (nSPS) is 15.5. The van der Waals surface area contributed by atoms with E-state index in [0.29, 0.717) is 13.2 Å². The van der Waals surface area contributed by atoms with Crippen LogP contribution in [-0.4, -0.2) is 33.8 Å². The van der Waals surface area contributed by atoms with Crippen LogP contribution in [0.5, 0.6) is 0 Å². The van der Waals surface area contributed by atoms with Crippen molar-refractivity contribution in [3.63, 3.8) is 0 Å². The summed E-state index contributed by atoms with van der Waals surface area (Å²) in [5.74, 6) is 0. The molecule has 2 heterocycles. The van der Waals surface area contributed by atoms with Gasteiger partial charge in [-0.1, -0.05) is 23.5 Å². The van der Waals surface area contributed by atoms with Crippen LogP contribution in [0.4, 0.5) is 4.79 Å². The first-order chi connectivity index (χ1) is 11.5. The molecule has 0 fully saturated rings. The average molecular weight is 407 g/mol. The summed E-state index contributed by atoms with van der Waals surface area (Å²) < 4.78 is 30.7. The highest BCUT2D eigenvalue weighted by molar-refractivity contribution is 8.26. The molecule has 1 aliphatic rings. The van der Waals surface area contributed by atoms with Crippen molar-refractivity contribution in [3.05, 3.63) is 11.4 Å². The van der Waals surface area contributed by atoms with Crippen LogP contribution in [0, 0.1) is 13.8 Å². The van der Waals surface area contributed by atoms with Crippen LogP contribution in [0.25, 0.3) is 0 Å². The van der Waals surface area contributed by atoms with Gasteiger partial charge in [0.2, 0.25) is 0 Å². The third-order valence-corrected chi connectivity index (χ3v) is 9.94. The molecule has 0 aliphatic carbocycles. The predicted octanol–water partition coefficient (Wildman–Crippen LogP) is 5.64. The molecule has 6 nitrogen and oxygen atoms in total. The zero-order valence-electron chi connectivity index (χ0n) is 15.7. The summed E-state index contributed by atoms with van der Waals surface area (Å²) in [4.78, 5) is 14.4. The summed E-state index contributed by atoms with van der Waals surface area (Å²) in [5.41, 5.74) is 1.02. The quantitative estimate of drug-likeness (QED) is 0.586. The maximum atomic E-state index is 13.0. The molecule has 0 bridgehead atoms. The Morgan fingerprint density at radius 2 is 1.52 bits per heavy atom. The second kappa shape index (κ2) is 7.69. The lowest BCUT2D eigenvalue weighted by Gasteiger charge is -2.23. The first kappa shape index (κ1) is 20.9. The molecule has 0 N–H and O–H groups in total. The van der Waals surface area contributed by atoms with Crippen LogP contribution in [0.15, 0.2) is 9.79 Å². The van der Waals surface area contributed by atoms with E-state index < -0.39 is 19.3 Å². The topological polar surface area (TPSA) is 66.8 Å². The van der Waals surface area contributed by atoms with Crippen molar-refractivity contribution >= 4 is 37.2 Å². The number of thioether (sulfide) groups is 2. The van der Waals surface area contributed by atoms with Crippen LogP contribution in [0.3, 0.4) is 0 Å². The van der Waals surface area contributed by atoms with Crippen molar-refractivity contribution in [2.75, 3.05) is 13.2 Å². The molecule has 0 amide bonds. The van der Waals surface area contributed by atoms with Gasteiger partial charge in [-0.3, -0.25) is 9.13 Å². The Balaban J connectivity index is 2.31. The van der Waals surface area contributed by atoms with E-state index in [1.54, 1.807) is 18.4 Å². The third kappa shape index (κ3) is 4.30. The molecule has 1 aliphatic heterocycles. The molecule has 2 rings (SSSR count). The fraction of sp³-hybridized carbons (Fsp3) is 0.688. The molecule has 1 aromatic heterocycles. The average Bonchev–Trinajstić information content (AvgIpc) is 2.99. The Kier molecular flexibility index (Phi) is 6.43. The van der Waals surface area contributed by atoms with E-state index in [9.17, 15) is 9.36 Å². The fourth-order valence-electron chi connectivity index (χ4n) is 2.52. The number of fused-ring (bicyclic) bond motifs is 1. The lowest BCUT2D eigenvalue weighted by molar-refractivity contribution is 0.0530. The zero-order chi connectivity index (χ0) is 19.0. The highest BCUT2D eigenvalue weighted by Gasteiger charge is 2.44. The predicted molar refractivity (Wildman–Crippen MR) is 102 cm³/mol. The molecule has 0 saturated heterocycles. The number of carbonyl (C=O) groups is 1. The minimum absolute atomic E-state index is 0.328. The highest BCUT2D eigenvalue weighted by Crippen LogP contribution is 2.69. The standard InChI is InChI=1S/C16H26NO5PS2/c1-8-20-23(19,21-9-2)15-24-12-10(3)17(11(4)13(12)25-15)14(18)22-16(5,6)7/h15H,8-9H2,1-7H3. The Hall–Kier alpha value is -0.400. The Morgan fingerprint density at radius 1 is 1.08 bits per heavy atom. The molecule has 0 aromatic carbocycles. The Labute approximate surface area is 157 Å². The van der Waals surface area contributed by atoms with Crippen molar-refractivity contribution < 1.29 is 23.1 Å². The lowest BCUT2D eigenvalue weighted by Crippen LogP contribution is -2.28. The maximum Gasteiger partial charge on any atom is 0.419 e. The van der Waals surface area contributed by atoms with Crippen LogP contribution >= 0.6 is 31.1 Å². The van der Waals surface area contributed by atoms with Crippen LogP contribution in [-0.2, 0) is 18.3 Å². The molecule has 0 spiro atoms. The zero-order valence-corrected chi connectivity index (χ0v) is 18.3. The summed E-state index contributed by atoms with van der Waals surface area (Å²) in [5, 5.41) is 0. The molecule has 0 unspecified atom stereocenters. The Bertz CT molecular complexity index is 671. The van der Waals surface area contributed by atoms with Crippen LogP contribution in [0.2, 0.25) is 0 Å². The molecule has 1 aromatic rings. The van der Waals surface area contributed by atoms with Crippen molar-refractivity contribution in [1.82, 2.24) is 4.57 Å². The molecular formula is C16H26NO5PS2. The number of aromatic nitrogens is 1. The summed E-state index contributed by atoms with van der Waals surface area (Å²) in [6.45, 7) is 13.5. The van der Waals surface area contributed by atoms with E-state index >= 15 is 0 Å². The van der Waals surface area contributed by atoms with Crippen molar-refractivity contribution in [1.29, 1.82) is 0 Å². The first-order valence-corrected chi connectivity index (χ1v) is 11.6. The number of carbonyl (C=O) groups excluding carboxylic acids is 1. The number of ether oxygens (including phenoxy) is 1. The first-order valence-electron chi connectivity index (χ1n) is 8.21. The van der Waals surface area contributed by atoms with Gasteiger partial charge in [0, 0.05) is 21.2 Å². The van der Waals surface area contributed by atoms with Gasteiger partial charge in [0.1, 0.15) is 5.60 Å². The summed E-state index contributed by atoms with van der Waals surface area (Å²) in [6.07, 6.45) is -0.396. The monoisotopic (exact) mass is 407 g/mol. The van der Waals surface area contributed by atoms with E-state index in [4.69, 9.17) is 13.8 Å².